The van der Waals surface area contributed by atoms with Gasteiger partial charge >= 0.3 is 5.97 Å². The zero-order chi connectivity index (χ0) is 9.14. The number of hydrazine groups is 1. The second-order valence-corrected chi connectivity index (χ2v) is 2.72. The van der Waals surface area contributed by atoms with E-state index in [0.717, 1.165) is 6.42 Å². The van der Waals surface area contributed by atoms with E-state index in [1.165, 1.54) is 5.01 Å². The van der Waals surface area contributed by atoms with Gasteiger partial charge in [0.15, 0.2) is 0 Å². The molecule has 5 N–H and O–H groups in total. The van der Waals surface area contributed by atoms with Crippen molar-refractivity contribution in [1.29, 1.82) is 5.41 Å². The molecule has 1 heterocycles. The highest BCUT2D eigenvalue weighted by atomic mass is 16.4. The van der Waals surface area contributed by atoms with E-state index in [1.807, 2.05) is 0 Å². The molecule has 0 saturated carbocycles. The number of carboxylic acids is 1. The Kier molecular flexibility index (Phi) is 2.49. The van der Waals surface area contributed by atoms with Crippen LogP contribution in [0, 0.1) is 5.41 Å². The van der Waals surface area contributed by atoms with Crippen LogP contribution >= 0.6 is 0 Å². The van der Waals surface area contributed by atoms with Crippen molar-refractivity contribution >= 4 is 11.9 Å². The predicted molar refractivity (Wildman–Crippen MR) is 42.4 cm³/mol. The fraction of sp³-hybridized carbons (Fsp3) is 0.667. The number of guanidine groups is 1. The number of rotatable bonds is 2. The van der Waals surface area contributed by atoms with Crippen LogP contribution in [-0.4, -0.2) is 34.6 Å². The van der Waals surface area contributed by atoms with Crippen LogP contribution < -0.4 is 11.2 Å². The molecule has 1 unspecified atom stereocenters. The Balaban J connectivity index is 2.52. The average Bonchev–Trinajstić information content (AvgIpc) is 2.33. The first-order chi connectivity index (χ1) is 5.61. The summed E-state index contributed by atoms with van der Waals surface area (Å²) < 4.78 is 0. The molecular formula is C6H12N4O2. The van der Waals surface area contributed by atoms with Gasteiger partial charge in [-0.1, -0.05) is 0 Å². The maximum atomic E-state index is 10.6. The molecule has 0 aromatic rings. The van der Waals surface area contributed by atoms with E-state index >= 15 is 0 Å². The molecule has 0 amide bonds. The van der Waals surface area contributed by atoms with E-state index in [2.05, 4.69) is 5.43 Å². The van der Waals surface area contributed by atoms with Gasteiger partial charge < -0.3 is 10.8 Å². The van der Waals surface area contributed by atoms with Crippen molar-refractivity contribution < 1.29 is 9.90 Å². The van der Waals surface area contributed by atoms with Crippen molar-refractivity contribution in [2.45, 2.75) is 18.9 Å². The lowest BCUT2D eigenvalue weighted by atomic mass is 10.2. The molecule has 68 valence electrons. The highest BCUT2D eigenvalue weighted by Gasteiger charge is 2.30. The third-order valence-corrected chi connectivity index (χ3v) is 1.80. The summed E-state index contributed by atoms with van der Waals surface area (Å²) in [5.41, 5.74) is 7.56. The Bertz CT molecular complexity index is 206. The summed E-state index contributed by atoms with van der Waals surface area (Å²) in [7, 11) is 0. The smallest absolute Gasteiger partial charge is 0.322 e. The number of nitrogens with zero attached hydrogens (tertiary/aromatic N) is 1. The largest absolute Gasteiger partial charge is 0.480 e. The SMILES string of the molecule is N=C(N)NN1CCCC1C(=O)O. The van der Waals surface area contributed by atoms with Crippen molar-refractivity contribution in [3.8, 4) is 0 Å². The monoisotopic (exact) mass is 172 g/mol. The highest BCUT2D eigenvalue weighted by molar-refractivity contribution is 5.76. The highest BCUT2D eigenvalue weighted by Crippen LogP contribution is 2.14. The minimum absolute atomic E-state index is 0.219. The molecule has 1 aliphatic rings. The molecule has 6 nitrogen and oxygen atoms in total. The van der Waals surface area contributed by atoms with Crippen LogP contribution in [0.3, 0.4) is 0 Å². The van der Waals surface area contributed by atoms with Gasteiger partial charge in [-0.2, -0.15) is 0 Å². The van der Waals surface area contributed by atoms with Crippen LogP contribution in [0.2, 0.25) is 0 Å². The van der Waals surface area contributed by atoms with E-state index < -0.39 is 12.0 Å². The minimum Gasteiger partial charge on any atom is -0.480 e. The number of carboxylic acid groups (broad SMARTS) is 1. The lowest BCUT2D eigenvalue weighted by molar-refractivity contribution is -0.142. The number of nitrogens with two attached hydrogens (primary N) is 1. The Hall–Kier alpha value is -1.30. The van der Waals surface area contributed by atoms with Crippen LogP contribution in [0.1, 0.15) is 12.8 Å². The standard InChI is InChI=1S/C6H12N4O2/c7-6(8)9-10-3-1-2-4(10)5(11)12/h4H,1-3H2,(H,11,12)(H4,7,8,9). The van der Waals surface area contributed by atoms with Gasteiger partial charge in [0.25, 0.3) is 0 Å². The molecule has 6 heteroatoms. The summed E-state index contributed by atoms with van der Waals surface area (Å²) in [6.45, 7) is 0.622. The van der Waals surface area contributed by atoms with Crippen LogP contribution in [0.15, 0.2) is 0 Å². The van der Waals surface area contributed by atoms with E-state index in [4.69, 9.17) is 16.2 Å². The topological polar surface area (TPSA) is 102 Å². The first-order valence-electron chi connectivity index (χ1n) is 3.71. The van der Waals surface area contributed by atoms with Gasteiger partial charge in [0.2, 0.25) is 5.96 Å². The normalized spacial score (nSPS) is 23.8. The molecule has 1 rings (SSSR count). The number of hydrogen-bond acceptors (Lipinski definition) is 3. The first-order valence-corrected chi connectivity index (χ1v) is 3.71. The third-order valence-electron chi connectivity index (χ3n) is 1.80. The van der Waals surface area contributed by atoms with E-state index in [9.17, 15) is 4.79 Å². The average molecular weight is 172 g/mol. The zero-order valence-corrected chi connectivity index (χ0v) is 6.58. The van der Waals surface area contributed by atoms with Crippen molar-refractivity contribution in [2.24, 2.45) is 5.73 Å². The fourth-order valence-electron chi connectivity index (χ4n) is 1.31. The van der Waals surface area contributed by atoms with Gasteiger partial charge in [0, 0.05) is 6.54 Å². The summed E-state index contributed by atoms with van der Waals surface area (Å²) in [4.78, 5) is 10.6. The fourth-order valence-corrected chi connectivity index (χ4v) is 1.31. The van der Waals surface area contributed by atoms with Gasteiger partial charge in [0.1, 0.15) is 6.04 Å². The molecule has 0 bridgehead atoms. The van der Waals surface area contributed by atoms with Gasteiger partial charge in [-0.15, -0.1) is 0 Å². The molecule has 0 spiro atoms. The lowest BCUT2D eigenvalue weighted by Crippen LogP contribution is -2.50. The summed E-state index contributed by atoms with van der Waals surface area (Å²) in [5.74, 6) is -1.09. The van der Waals surface area contributed by atoms with E-state index in [-0.39, 0.29) is 5.96 Å². The molecule has 1 fully saturated rings. The number of aliphatic carboxylic acids is 1. The maximum Gasteiger partial charge on any atom is 0.322 e. The Morgan fingerprint density at radius 2 is 2.42 bits per heavy atom. The molecule has 0 radical (unpaired) electrons. The van der Waals surface area contributed by atoms with Crippen LogP contribution in [0.4, 0.5) is 0 Å². The minimum atomic E-state index is -0.874. The molecule has 12 heavy (non-hydrogen) atoms. The Morgan fingerprint density at radius 3 is 2.92 bits per heavy atom. The summed E-state index contributed by atoms with van der Waals surface area (Å²) >= 11 is 0. The predicted octanol–water partition coefficient (Wildman–Crippen LogP) is -1.07. The van der Waals surface area contributed by atoms with Crippen molar-refractivity contribution in [3.63, 3.8) is 0 Å². The summed E-state index contributed by atoms with van der Waals surface area (Å²) in [5, 5.41) is 17.1. The van der Waals surface area contributed by atoms with Crippen molar-refractivity contribution in [1.82, 2.24) is 10.4 Å². The molecule has 0 aromatic heterocycles. The van der Waals surface area contributed by atoms with Gasteiger partial charge in [-0.25, -0.2) is 5.01 Å². The van der Waals surface area contributed by atoms with Gasteiger partial charge in [0.05, 0.1) is 0 Å². The van der Waals surface area contributed by atoms with E-state index in [0.29, 0.717) is 13.0 Å². The lowest BCUT2D eigenvalue weighted by Gasteiger charge is -2.21. The molecule has 1 atom stereocenters. The molecule has 0 aromatic carbocycles. The van der Waals surface area contributed by atoms with Crippen LogP contribution in [0.25, 0.3) is 0 Å². The number of carbonyl (C=O) groups is 1. The second kappa shape index (κ2) is 3.40. The number of hydrogen-bond donors (Lipinski definition) is 4. The van der Waals surface area contributed by atoms with Crippen molar-refractivity contribution in [2.75, 3.05) is 6.54 Å². The Labute approximate surface area is 69.8 Å². The van der Waals surface area contributed by atoms with E-state index in [1.54, 1.807) is 0 Å². The maximum absolute atomic E-state index is 10.6. The first kappa shape index (κ1) is 8.79. The summed E-state index contributed by atoms with van der Waals surface area (Å²) in [6, 6.07) is -0.547. The van der Waals surface area contributed by atoms with Crippen molar-refractivity contribution in [3.05, 3.63) is 0 Å². The quantitative estimate of drug-likeness (QED) is 0.314. The molecule has 1 aliphatic heterocycles. The third kappa shape index (κ3) is 1.85. The Morgan fingerprint density at radius 1 is 1.75 bits per heavy atom. The van der Waals surface area contributed by atoms with Gasteiger partial charge in [-0.3, -0.25) is 15.6 Å². The van der Waals surface area contributed by atoms with Crippen LogP contribution in [0.5, 0.6) is 0 Å². The molecule has 0 aliphatic carbocycles. The zero-order valence-electron chi connectivity index (χ0n) is 6.58. The van der Waals surface area contributed by atoms with Gasteiger partial charge in [-0.05, 0) is 12.8 Å². The second-order valence-electron chi connectivity index (χ2n) is 2.72. The molecule has 1 saturated heterocycles. The number of nitrogens with one attached hydrogen (secondary N) is 2. The van der Waals surface area contributed by atoms with Crippen LogP contribution in [-0.2, 0) is 4.79 Å². The summed E-state index contributed by atoms with van der Waals surface area (Å²) in [6.07, 6.45) is 1.42. The molecular weight excluding hydrogens is 160 g/mol.